The van der Waals surface area contributed by atoms with Gasteiger partial charge in [-0.25, -0.2) is 4.57 Å². The van der Waals surface area contributed by atoms with Gasteiger partial charge >= 0.3 is 7.82 Å². The third-order valence-electron chi connectivity index (χ3n) is 4.83. The zero-order valence-electron chi connectivity index (χ0n) is 19.4. The molecule has 0 aliphatic carbocycles. The molecule has 4 aromatic carbocycles. The third kappa shape index (κ3) is 7.64. The predicted octanol–water partition coefficient (Wildman–Crippen LogP) is 7.45. The Morgan fingerprint density at radius 1 is 0.571 bits per heavy atom. The van der Waals surface area contributed by atoms with Gasteiger partial charge in [0.2, 0.25) is 0 Å². The average molecular weight is 490 g/mol. The smallest absolute Gasteiger partial charge is 0.489 e. The lowest BCUT2D eigenvalue weighted by atomic mass is 10.2. The van der Waals surface area contributed by atoms with Crippen LogP contribution < -0.4 is 18.5 Å². The Bertz CT molecular complexity index is 1150. The van der Waals surface area contributed by atoms with Gasteiger partial charge in [-0.05, 0) is 42.3 Å². The molecule has 0 bridgehead atoms. The van der Waals surface area contributed by atoms with Crippen molar-refractivity contribution in [3.63, 3.8) is 0 Å². The molecular formula is C28H27O6P. The van der Waals surface area contributed by atoms with E-state index < -0.39 is 7.82 Å². The Balaban J connectivity index is 1.41. The molecule has 0 N–H and O–H groups in total. The molecule has 0 heterocycles. The minimum Gasteiger partial charge on any atom is -0.489 e. The van der Waals surface area contributed by atoms with Gasteiger partial charge in [0.15, 0.2) is 0 Å². The molecule has 180 valence electrons. The highest BCUT2D eigenvalue weighted by Gasteiger charge is 2.30. The Labute approximate surface area is 205 Å². The summed E-state index contributed by atoms with van der Waals surface area (Å²) in [5.74, 6) is 1.77. The van der Waals surface area contributed by atoms with Crippen molar-refractivity contribution >= 4 is 7.82 Å². The average Bonchev–Trinajstić information content (AvgIpc) is 2.88. The van der Waals surface area contributed by atoms with Gasteiger partial charge in [0.25, 0.3) is 0 Å². The van der Waals surface area contributed by atoms with Crippen LogP contribution in [0.25, 0.3) is 0 Å². The molecule has 0 unspecified atom stereocenters. The topological polar surface area (TPSA) is 63.2 Å². The molecule has 0 fully saturated rings. The molecule has 0 aromatic heterocycles. The predicted molar refractivity (Wildman–Crippen MR) is 135 cm³/mol. The summed E-state index contributed by atoms with van der Waals surface area (Å²) in [6.07, 6.45) is 0. The van der Waals surface area contributed by atoms with Gasteiger partial charge in [-0.1, -0.05) is 72.8 Å². The molecule has 7 heteroatoms. The third-order valence-corrected chi connectivity index (χ3v) is 6.27. The van der Waals surface area contributed by atoms with E-state index in [1.165, 1.54) is 0 Å². The first-order valence-corrected chi connectivity index (χ1v) is 12.8. The summed E-state index contributed by atoms with van der Waals surface area (Å²) >= 11 is 0. The number of benzene rings is 4. The van der Waals surface area contributed by atoms with E-state index in [9.17, 15) is 4.57 Å². The highest BCUT2D eigenvalue weighted by Crippen LogP contribution is 2.50. The molecule has 0 saturated carbocycles. The van der Waals surface area contributed by atoms with Gasteiger partial charge in [-0.3, -0.25) is 4.52 Å². The SMILES string of the molecule is CCOP(=O)(Oc1cccc(OCc2ccccc2)c1)Oc1cccc(OCc2ccccc2)c1. The summed E-state index contributed by atoms with van der Waals surface area (Å²) in [5, 5.41) is 0. The summed E-state index contributed by atoms with van der Waals surface area (Å²) in [6.45, 7) is 2.67. The van der Waals surface area contributed by atoms with E-state index in [1.54, 1.807) is 55.5 Å². The maximum absolute atomic E-state index is 13.4. The van der Waals surface area contributed by atoms with Gasteiger partial charge in [0.05, 0.1) is 6.61 Å². The van der Waals surface area contributed by atoms with Crippen LogP contribution >= 0.6 is 7.82 Å². The summed E-state index contributed by atoms with van der Waals surface area (Å²) in [7, 11) is -3.97. The second-order valence-corrected chi connectivity index (χ2v) is 9.06. The Hall–Kier alpha value is -3.73. The summed E-state index contributed by atoms with van der Waals surface area (Å²) in [5.41, 5.74) is 2.08. The van der Waals surface area contributed by atoms with Crippen LogP contribution in [0, 0.1) is 0 Å². The van der Waals surface area contributed by atoms with Crippen LogP contribution in [0.2, 0.25) is 0 Å². The molecule has 4 rings (SSSR count). The molecule has 0 amide bonds. The highest BCUT2D eigenvalue weighted by molar-refractivity contribution is 7.49. The van der Waals surface area contributed by atoms with Crippen molar-refractivity contribution in [2.75, 3.05) is 6.61 Å². The van der Waals surface area contributed by atoms with Crippen molar-refractivity contribution in [3.8, 4) is 23.0 Å². The Morgan fingerprint density at radius 3 is 1.43 bits per heavy atom. The van der Waals surface area contributed by atoms with Gasteiger partial charge < -0.3 is 18.5 Å². The Morgan fingerprint density at radius 2 is 1.00 bits per heavy atom. The van der Waals surface area contributed by atoms with Gasteiger partial charge in [-0.2, -0.15) is 0 Å². The molecule has 0 atom stereocenters. The molecule has 0 aliphatic heterocycles. The first-order chi connectivity index (χ1) is 17.1. The quantitative estimate of drug-likeness (QED) is 0.192. The summed E-state index contributed by atoms with van der Waals surface area (Å²) in [6, 6.07) is 33.4. The normalized spacial score (nSPS) is 11.0. The van der Waals surface area contributed by atoms with Crippen LogP contribution in [0.4, 0.5) is 0 Å². The van der Waals surface area contributed by atoms with Crippen LogP contribution in [-0.2, 0) is 22.3 Å². The van der Waals surface area contributed by atoms with E-state index in [1.807, 2.05) is 60.7 Å². The zero-order valence-corrected chi connectivity index (χ0v) is 20.3. The van der Waals surface area contributed by atoms with Gasteiger partial charge in [0, 0.05) is 12.1 Å². The second kappa shape index (κ2) is 12.1. The van der Waals surface area contributed by atoms with E-state index >= 15 is 0 Å². The van der Waals surface area contributed by atoms with Gasteiger partial charge in [-0.15, -0.1) is 0 Å². The molecule has 0 radical (unpaired) electrons. The fourth-order valence-corrected chi connectivity index (χ4v) is 4.41. The standard InChI is InChI=1S/C28H27O6P/c1-2-32-35(29,33-27-17-9-15-25(19-27)30-21-23-11-5-3-6-12-23)34-28-18-10-16-26(20-28)31-22-24-13-7-4-8-14-24/h3-20H,2,21-22H2,1H3. The van der Waals surface area contributed by atoms with Crippen molar-refractivity contribution in [1.29, 1.82) is 0 Å². The van der Waals surface area contributed by atoms with Crippen molar-refractivity contribution in [3.05, 3.63) is 120 Å². The first kappa shape index (κ1) is 24.4. The van der Waals surface area contributed by atoms with Crippen LogP contribution in [0.15, 0.2) is 109 Å². The van der Waals surface area contributed by atoms with Crippen LogP contribution in [0.3, 0.4) is 0 Å². The first-order valence-electron chi connectivity index (χ1n) is 11.3. The van der Waals surface area contributed by atoms with Crippen LogP contribution in [0.1, 0.15) is 18.1 Å². The van der Waals surface area contributed by atoms with Crippen molar-refractivity contribution in [2.24, 2.45) is 0 Å². The van der Waals surface area contributed by atoms with Gasteiger partial charge in [0.1, 0.15) is 36.2 Å². The maximum Gasteiger partial charge on any atom is 0.587 e. The number of phosphoric acid groups is 1. The number of ether oxygens (including phenoxy) is 2. The second-order valence-electron chi connectivity index (χ2n) is 7.55. The number of rotatable bonds is 12. The lowest BCUT2D eigenvalue weighted by Crippen LogP contribution is -2.05. The van der Waals surface area contributed by atoms with Crippen LogP contribution in [0.5, 0.6) is 23.0 Å². The molecule has 0 spiro atoms. The lowest BCUT2D eigenvalue weighted by molar-refractivity contribution is 0.218. The van der Waals surface area contributed by atoms with Crippen molar-refractivity contribution < 1.29 is 27.6 Å². The van der Waals surface area contributed by atoms with Crippen LogP contribution in [-0.4, -0.2) is 6.61 Å². The fourth-order valence-electron chi connectivity index (χ4n) is 3.21. The molecule has 6 nitrogen and oxygen atoms in total. The largest absolute Gasteiger partial charge is 0.587 e. The molecule has 35 heavy (non-hydrogen) atoms. The maximum atomic E-state index is 13.4. The van der Waals surface area contributed by atoms with E-state index in [0.29, 0.717) is 36.2 Å². The number of phosphoric ester groups is 1. The summed E-state index contributed by atoms with van der Waals surface area (Å²) < 4.78 is 41.9. The number of hydrogen-bond donors (Lipinski definition) is 0. The zero-order chi connectivity index (χ0) is 24.3. The minimum absolute atomic E-state index is 0.145. The molecule has 0 saturated heterocycles. The summed E-state index contributed by atoms with van der Waals surface area (Å²) in [4.78, 5) is 0. The van der Waals surface area contributed by atoms with E-state index in [0.717, 1.165) is 11.1 Å². The van der Waals surface area contributed by atoms with Crippen molar-refractivity contribution in [1.82, 2.24) is 0 Å². The van der Waals surface area contributed by atoms with Crippen molar-refractivity contribution in [2.45, 2.75) is 20.1 Å². The fraction of sp³-hybridized carbons (Fsp3) is 0.143. The Kier molecular flexibility index (Phi) is 8.44. The number of hydrogen-bond acceptors (Lipinski definition) is 6. The molecule has 0 aliphatic rings. The molecule has 4 aromatic rings. The lowest BCUT2D eigenvalue weighted by Gasteiger charge is -2.19. The monoisotopic (exact) mass is 490 g/mol. The molecular weight excluding hydrogens is 463 g/mol. The van der Waals surface area contributed by atoms with E-state index in [4.69, 9.17) is 23.0 Å². The minimum atomic E-state index is -3.97. The van der Waals surface area contributed by atoms with E-state index in [2.05, 4.69) is 0 Å². The van der Waals surface area contributed by atoms with E-state index in [-0.39, 0.29) is 6.61 Å². The highest BCUT2D eigenvalue weighted by atomic mass is 31.2.